The number of amides is 1. The zero-order valence-corrected chi connectivity index (χ0v) is 13.4. The molecule has 1 heterocycles. The van der Waals surface area contributed by atoms with Crippen molar-refractivity contribution in [3.63, 3.8) is 0 Å². The van der Waals surface area contributed by atoms with Gasteiger partial charge in [-0.3, -0.25) is 4.79 Å². The van der Waals surface area contributed by atoms with Gasteiger partial charge >= 0.3 is 0 Å². The summed E-state index contributed by atoms with van der Waals surface area (Å²) in [5, 5.41) is 2.77. The fourth-order valence-electron chi connectivity index (χ4n) is 2.35. The molecule has 1 amide bonds. The fraction of sp³-hybridized carbons (Fsp3) is 0.158. The minimum absolute atomic E-state index is 0.212. The van der Waals surface area contributed by atoms with Crippen LogP contribution in [0.5, 0.6) is 11.5 Å². The molecular weight excluding hydrogens is 304 g/mol. The Balaban J connectivity index is 1.65. The number of rotatable bonds is 6. The summed E-state index contributed by atoms with van der Waals surface area (Å²) in [6, 6.07) is 17.0. The molecule has 1 aliphatic heterocycles. The Morgan fingerprint density at radius 1 is 1.08 bits per heavy atom. The van der Waals surface area contributed by atoms with Gasteiger partial charge in [0.2, 0.25) is 0 Å². The van der Waals surface area contributed by atoms with E-state index in [-0.39, 0.29) is 5.91 Å². The van der Waals surface area contributed by atoms with Gasteiger partial charge in [0.1, 0.15) is 23.0 Å². The highest BCUT2D eigenvalue weighted by Crippen LogP contribution is 2.22. The third kappa shape index (κ3) is 3.81. The zero-order chi connectivity index (χ0) is 16.8. The first-order chi connectivity index (χ1) is 11.8. The van der Waals surface area contributed by atoms with Crippen LogP contribution in [0.15, 0.2) is 65.3 Å². The molecule has 0 bridgehead atoms. The average molecular weight is 322 g/mol. The lowest BCUT2D eigenvalue weighted by atomic mass is 10.1. The molecule has 0 atom stereocenters. The number of carbonyl (C=O) groups is 1. The van der Waals surface area contributed by atoms with Gasteiger partial charge < -0.3 is 14.8 Å². The molecule has 0 unspecified atom stereocenters. The molecule has 2 aromatic carbocycles. The number of hydrogen-bond acceptors (Lipinski definition) is 4. The largest absolute Gasteiger partial charge is 0.496 e. The van der Waals surface area contributed by atoms with Crippen LogP contribution in [0.3, 0.4) is 0 Å². The molecule has 5 nitrogen and oxygen atoms in total. The van der Waals surface area contributed by atoms with E-state index in [2.05, 4.69) is 10.3 Å². The van der Waals surface area contributed by atoms with Crippen molar-refractivity contribution in [1.82, 2.24) is 5.32 Å². The second kappa shape index (κ2) is 7.46. The normalized spacial score (nSPS) is 15.1. The summed E-state index contributed by atoms with van der Waals surface area (Å²) < 4.78 is 10.9. The van der Waals surface area contributed by atoms with Crippen LogP contribution in [-0.4, -0.2) is 25.5 Å². The van der Waals surface area contributed by atoms with Crippen LogP contribution in [0, 0.1) is 0 Å². The topological polar surface area (TPSA) is 59.9 Å². The van der Waals surface area contributed by atoms with Crippen molar-refractivity contribution in [3.05, 3.63) is 65.9 Å². The number of ether oxygens (including phenoxy) is 2. The lowest BCUT2D eigenvalue weighted by Gasteiger charge is -2.05. The zero-order valence-electron chi connectivity index (χ0n) is 13.4. The summed E-state index contributed by atoms with van der Waals surface area (Å²) in [4.78, 5) is 16.4. The summed E-state index contributed by atoms with van der Waals surface area (Å²) in [6.45, 7) is 0.449. The predicted octanol–water partition coefficient (Wildman–Crippen LogP) is 3.03. The summed E-state index contributed by atoms with van der Waals surface area (Å²) in [6.07, 6.45) is 2.25. The van der Waals surface area contributed by atoms with Gasteiger partial charge in [0.05, 0.1) is 13.7 Å². The second-order valence-corrected chi connectivity index (χ2v) is 5.20. The number of nitrogens with one attached hydrogen (secondary N) is 1. The Labute approximate surface area is 140 Å². The lowest BCUT2D eigenvalue weighted by molar-refractivity contribution is -0.115. The van der Waals surface area contributed by atoms with Crippen LogP contribution < -0.4 is 14.8 Å². The van der Waals surface area contributed by atoms with Crippen molar-refractivity contribution in [2.24, 2.45) is 4.99 Å². The van der Waals surface area contributed by atoms with Gasteiger partial charge in [0.25, 0.3) is 5.91 Å². The van der Waals surface area contributed by atoms with E-state index in [0.717, 1.165) is 11.3 Å². The van der Waals surface area contributed by atoms with Gasteiger partial charge in [-0.2, -0.15) is 0 Å². The second-order valence-electron chi connectivity index (χ2n) is 5.20. The quantitative estimate of drug-likeness (QED) is 0.832. The minimum atomic E-state index is -0.212. The highest BCUT2D eigenvalue weighted by molar-refractivity contribution is 6.14. The molecule has 2 aromatic rings. The highest BCUT2D eigenvalue weighted by atomic mass is 16.5. The van der Waals surface area contributed by atoms with Crippen LogP contribution in [-0.2, 0) is 4.79 Å². The maximum absolute atomic E-state index is 12.0. The van der Waals surface area contributed by atoms with E-state index >= 15 is 0 Å². The van der Waals surface area contributed by atoms with E-state index in [1.807, 2.05) is 54.6 Å². The van der Waals surface area contributed by atoms with E-state index in [4.69, 9.17) is 9.47 Å². The van der Waals surface area contributed by atoms with Crippen LogP contribution in [0.2, 0.25) is 0 Å². The van der Waals surface area contributed by atoms with Crippen molar-refractivity contribution in [2.75, 3.05) is 13.7 Å². The molecule has 0 saturated carbocycles. The molecule has 0 aliphatic carbocycles. The molecule has 3 rings (SSSR count). The first kappa shape index (κ1) is 15.8. The molecule has 0 spiro atoms. The van der Waals surface area contributed by atoms with E-state index in [9.17, 15) is 4.79 Å². The van der Waals surface area contributed by atoms with E-state index in [1.54, 1.807) is 13.2 Å². The smallest absolute Gasteiger partial charge is 0.275 e. The van der Waals surface area contributed by atoms with Crippen molar-refractivity contribution >= 4 is 17.8 Å². The number of nitrogens with zero attached hydrogens (tertiary/aromatic N) is 1. The number of carbonyl (C=O) groups excluding carboxylic acids is 1. The van der Waals surface area contributed by atoms with Crippen molar-refractivity contribution in [1.29, 1.82) is 0 Å². The Kier molecular flexibility index (Phi) is 4.91. The standard InChI is InChI=1S/C19H18N2O3/c1-23-17-10-6-5-7-14(17)13-16-19(22)21-18(20-16)11-12-24-15-8-3-2-4-9-15/h2-10,13H,11-12H2,1H3,(H,20,21,22)/b16-13-. The maximum atomic E-state index is 12.0. The Morgan fingerprint density at radius 2 is 1.83 bits per heavy atom. The van der Waals surface area contributed by atoms with Gasteiger partial charge in [-0.05, 0) is 24.3 Å². The van der Waals surface area contributed by atoms with Crippen molar-refractivity contribution in [3.8, 4) is 11.5 Å². The average Bonchev–Trinajstić information content (AvgIpc) is 2.96. The molecule has 1 N–H and O–H groups in total. The number of methoxy groups -OCH3 is 1. The van der Waals surface area contributed by atoms with Crippen LogP contribution in [0.25, 0.3) is 6.08 Å². The molecule has 0 aromatic heterocycles. The molecule has 122 valence electrons. The van der Waals surface area contributed by atoms with Crippen molar-refractivity contribution < 1.29 is 14.3 Å². The summed E-state index contributed by atoms with van der Waals surface area (Å²) >= 11 is 0. The van der Waals surface area contributed by atoms with Gasteiger partial charge in [-0.25, -0.2) is 4.99 Å². The monoisotopic (exact) mass is 322 g/mol. The van der Waals surface area contributed by atoms with E-state index in [0.29, 0.717) is 30.3 Å². The number of benzene rings is 2. The van der Waals surface area contributed by atoms with E-state index < -0.39 is 0 Å². The molecule has 0 saturated heterocycles. The molecule has 0 radical (unpaired) electrons. The van der Waals surface area contributed by atoms with Crippen molar-refractivity contribution in [2.45, 2.75) is 6.42 Å². The van der Waals surface area contributed by atoms with Gasteiger partial charge in [-0.1, -0.05) is 36.4 Å². The first-order valence-electron chi connectivity index (χ1n) is 7.68. The molecule has 0 fully saturated rings. The third-order valence-electron chi connectivity index (χ3n) is 3.53. The predicted molar refractivity (Wildman–Crippen MR) is 93.1 cm³/mol. The number of hydrogen-bond donors (Lipinski definition) is 1. The fourth-order valence-corrected chi connectivity index (χ4v) is 2.35. The Morgan fingerprint density at radius 3 is 2.62 bits per heavy atom. The number of aliphatic imine (C=N–C) groups is 1. The number of amidine groups is 1. The molecular formula is C19H18N2O3. The first-order valence-corrected chi connectivity index (χ1v) is 7.68. The SMILES string of the molecule is COc1ccccc1/C=C1\N=C(CCOc2ccccc2)NC1=O. The molecule has 1 aliphatic rings. The van der Waals surface area contributed by atoms with Crippen LogP contribution >= 0.6 is 0 Å². The van der Waals surface area contributed by atoms with E-state index in [1.165, 1.54) is 0 Å². The molecule has 24 heavy (non-hydrogen) atoms. The van der Waals surface area contributed by atoms with Crippen LogP contribution in [0.1, 0.15) is 12.0 Å². The third-order valence-corrected chi connectivity index (χ3v) is 3.53. The Hall–Kier alpha value is -3.08. The lowest BCUT2D eigenvalue weighted by Crippen LogP contribution is -2.25. The minimum Gasteiger partial charge on any atom is -0.496 e. The van der Waals surface area contributed by atoms with Gasteiger partial charge in [0, 0.05) is 12.0 Å². The Bertz CT molecular complexity index is 782. The summed E-state index contributed by atoms with van der Waals surface area (Å²) in [5.41, 5.74) is 1.19. The highest BCUT2D eigenvalue weighted by Gasteiger charge is 2.20. The van der Waals surface area contributed by atoms with Gasteiger partial charge in [0.15, 0.2) is 0 Å². The number of para-hydroxylation sites is 2. The molecule has 5 heteroatoms. The summed E-state index contributed by atoms with van der Waals surface area (Å²) in [7, 11) is 1.60. The summed E-state index contributed by atoms with van der Waals surface area (Å²) in [5.74, 6) is 1.90. The maximum Gasteiger partial charge on any atom is 0.275 e. The van der Waals surface area contributed by atoms with Crippen LogP contribution in [0.4, 0.5) is 0 Å². The van der Waals surface area contributed by atoms with Gasteiger partial charge in [-0.15, -0.1) is 0 Å².